The van der Waals surface area contributed by atoms with Gasteiger partial charge in [0.25, 0.3) is 0 Å². The van der Waals surface area contributed by atoms with Crippen LogP contribution in [0.5, 0.6) is 0 Å². The molecule has 0 radical (unpaired) electrons. The number of pyridine rings is 2. The summed E-state index contributed by atoms with van der Waals surface area (Å²) in [6.45, 7) is 4.13. The molecule has 0 aliphatic heterocycles. The van der Waals surface area contributed by atoms with Gasteiger partial charge in [-0.3, -0.25) is 9.55 Å². The highest BCUT2D eigenvalue weighted by atomic mass is 16.1. The molecule has 22 heavy (non-hydrogen) atoms. The van der Waals surface area contributed by atoms with Crippen LogP contribution < -0.4 is 5.69 Å². The van der Waals surface area contributed by atoms with Gasteiger partial charge in [-0.05, 0) is 24.1 Å². The van der Waals surface area contributed by atoms with Gasteiger partial charge in [-0.25, -0.2) is 14.3 Å². The maximum absolute atomic E-state index is 12.5. The zero-order chi connectivity index (χ0) is 15.9. The van der Waals surface area contributed by atoms with Gasteiger partial charge in [0.15, 0.2) is 5.65 Å². The Morgan fingerprint density at radius 1 is 1.23 bits per heavy atom. The predicted molar refractivity (Wildman–Crippen MR) is 82.9 cm³/mol. The minimum Gasteiger partial charge on any atom is -0.293 e. The zero-order valence-corrected chi connectivity index (χ0v) is 12.6. The molecule has 0 saturated heterocycles. The fourth-order valence-electron chi connectivity index (χ4n) is 2.37. The monoisotopic (exact) mass is 293 g/mol. The smallest absolute Gasteiger partial charge is 0.293 e. The molecule has 0 aliphatic carbocycles. The summed E-state index contributed by atoms with van der Waals surface area (Å²) in [4.78, 5) is 21.1. The number of aromatic nitrogens is 4. The van der Waals surface area contributed by atoms with Crippen LogP contribution in [0.2, 0.25) is 0 Å². The van der Waals surface area contributed by atoms with Gasteiger partial charge in [0.05, 0.1) is 23.0 Å². The van der Waals surface area contributed by atoms with E-state index < -0.39 is 0 Å². The van der Waals surface area contributed by atoms with Gasteiger partial charge in [0, 0.05) is 18.9 Å². The second-order valence-corrected chi connectivity index (χ2v) is 5.45. The Kier molecular flexibility index (Phi) is 3.26. The van der Waals surface area contributed by atoms with Crippen molar-refractivity contribution in [2.75, 3.05) is 0 Å². The molecule has 0 aromatic carbocycles. The topological polar surface area (TPSA) is 76.5 Å². The maximum Gasteiger partial charge on any atom is 0.334 e. The van der Waals surface area contributed by atoms with Crippen molar-refractivity contribution in [2.24, 2.45) is 7.05 Å². The fraction of sp³-hybridized carbons (Fsp3) is 0.250. The number of nitriles is 1. The molecule has 6 nitrogen and oxygen atoms in total. The molecule has 0 N–H and O–H groups in total. The summed E-state index contributed by atoms with van der Waals surface area (Å²) in [5.74, 6) is 0.328. The molecule has 6 heteroatoms. The average molecular weight is 293 g/mol. The standard InChI is InChI=1S/C16H15N5O/c1-10(2)13-5-4-12(9-18-13)21-15-14(20(3)16(21)22)6-11(7-17)8-19-15/h4-6,8-10H,1-3H3. The SMILES string of the molecule is CC(C)c1ccc(-n2c(=O)n(C)c3cc(C#N)cnc32)cn1. The first-order valence-electron chi connectivity index (χ1n) is 6.97. The zero-order valence-electron chi connectivity index (χ0n) is 12.6. The molecular formula is C16H15N5O. The third-order valence-corrected chi connectivity index (χ3v) is 3.65. The van der Waals surface area contributed by atoms with Crippen LogP contribution in [0.4, 0.5) is 0 Å². The van der Waals surface area contributed by atoms with Crippen LogP contribution in [0.25, 0.3) is 16.9 Å². The van der Waals surface area contributed by atoms with E-state index in [4.69, 9.17) is 5.26 Å². The van der Waals surface area contributed by atoms with Crippen molar-refractivity contribution in [1.29, 1.82) is 5.26 Å². The van der Waals surface area contributed by atoms with Crippen LogP contribution in [-0.4, -0.2) is 19.1 Å². The molecule has 3 heterocycles. The predicted octanol–water partition coefficient (Wildman–Crippen LogP) is 2.11. The lowest BCUT2D eigenvalue weighted by atomic mass is 10.1. The van der Waals surface area contributed by atoms with E-state index >= 15 is 0 Å². The Morgan fingerprint density at radius 2 is 2.00 bits per heavy atom. The molecule has 0 spiro atoms. The second-order valence-electron chi connectivity index (χ2n) is 5.45. The summed E-state index contributed by atoms with van der Waals surface area (Å²) in [5, 5.41) is 8.97. The summed E-state index contributed by atoms with van der Waals surface area (Å²) < 4.78 is 2.99. The Hall–Kier alpha value is -2.94. The Morgan fingerprint density at radius 3 is 2.59 bits per heavy atom. The maximum atomic E-state index is 12.5. The van der Waals surface area contributed by atoms with Gasteiger partial charge in [0.2, 0.25) is 0 Å². The Labute approximate surface area is 127 Å². The first-order chi connectivity index (χ1) is 10.5. The van der Waals surface area contributed by atoms with Gasteiger partial charge in [-0.1, -0.05) is 13.8 Å². The number of fused-ring (bicyclic) bond motifs is 1. The molecule has 0 saturated carbocycles. The van der Waals surface area contributed by atoms with Gasteiger partial charge in [0.1, 0.15) is 6.07 Å². The lowest BCUT2D eigenvalue weighted by Crippen LogP contribution is -2.21. The Balaban J connectivity index is 2.25. The molecular weight excluding hydrogens is 278 g/mol. The highest BCUT2D eigenvalue weighted by Crippen LogP contribution is 2.17. The van der Waals surface area contributed by atoms with Crippen LogP contribution in [0.1, 0.15) is 31.0 Å². The molecule has 0 atom stereocenters. The third-order valence-electron chi connectivity index (χ3n) is 3.65. The molecule has 0 unspecified atom stereocenters. The van der Waals surface area contributed by atoms with Crippen molar-refractivity contribution in [3.8, 4) is 11.8 Å². The van der Waals surface area contributed by atoms with E-state index in [2.05, 4.69) is 23.8 Å². The van der Waals surface area contributed by atoms with Crippen molar-refractivity contribution in [3.05, 3.63) is 52.3 Å². The van der Waals surface area contributed by atoms with E-state index in [0.29, 0.717) is 28.3 Å². The number of imidazole rings is 1. The molecule has 0 fully saturated rings. The molecule has 0 amide bonds. The minimum absolute atomic E-state index is 0.211. The van der Waals surface area contributed by atoms with E-state index in [1.54, 1.807) is 19.3 Å². The van der Waals surface area contributed by atoms with E-state index in [0.717, 1.165) is 5.69 Å². The number of aryl methyl sites for hydroxylation is 1. The number of hydrogen-bond donors (Lipinski definition) is 0. The van der Waals surface area contributed by atoms with Crippen LogP contribution in [0, 0.1) is 11.3 Å². The van der Waals surface area contributed by atoms with Crippen molar-refractivity contribution < 1.29 is 0 Å². The molecule has 3 aromatic heterocycles. The lowest BCUT2D eigenvalue weighted by molar-refractivity contribution is 0.811. The van der Waals surface area contributed by atoms with Gasteiger partial charge in [-0.2, -0.15) is 5.26 Å². The molecule has 3 rings (SSSR count). The summed E-state index contributed by atoms with van der Waals surface area (Å²) in [6.07, 6.45) is 3.14. The molecule has 0 aliphatic rings. The van der Waals surface area contributed by atoms with Crippen LogP contribution in [-0.2, 0) is 7.05 Å². The van der Waals surface area contributed by atoms with Crippen molar-refractivity contribution in [1.82, 2.24) is 19.1 Å². The summed E-state index contributed by atoms with van der Waals surface area (Å²) >= 11 is 0. The van der Waals surface area contributed by atoms with E-state index in [9.17, 15) is 4.79 Å². The number of hydrogen-bond acceptors (Lipinski definition) is 4. The number of nitrogens with zero attached hydrogens (tertiary/aromatic N) is 5. The largest absolute Gasteiger partial charge is 0.334 e. The molecule has 3 aromatic rings. The summed E-state index contributed by atoms with van der Waals surface area (Å²) in [7, 11) is 1.67. The fourth-order valence-corrected chi connectivity index (χ4v) is 2.37. The van der Waals surface area contributed by atoms with Crippen molar-refractivity contribution >= 4 is 11.2 Å². The highest BCUT2D eigenvalue weighted by Gasteiger charge is 2.14. The van der Waals surface area contributed by atoms with Crippen LogP contribution in [0.15, 0.2) is 35.4 Å². The first kappa shape index (κ1) is 14.0. The molecule has 110 valence electrons. The third kappa shape index (κ3) is 2.07. The average Bonchev–Trinajstić information content (AvgIpc) is 2.78. The molecule has 0 bridgehead atoms. The van der Waals surface area contributed by atoms with Crippen molar-refractivity contribution in [3.63, 3.8) is 0 Å². The lowest BCUT2D eigenvalue weighted by Gasteiger charge is -2.06. The second kappa shape index (κ2) is 5.11. The van der Waals surface area contributed by atoms with E-state index in [1.807, 2.05) is 18.2 Å². The van der Waals surface area contributed by atoms with Crippen LogP contribution in [0.3, 0.4) is 0 Å². The Bertz CT molecular complexity index is 942. The van der Waals surface area contributed by atoms with Crippen LogP contribution >= 0.6 is 0 Å². The van der Waals surface area contributed by atoms with E-state index in [-0.39, 0.29) is 5.69 Å². The normalized spacial score (nSPS) is 11.0. The first-order valence-corrected chi connectivity index (χ1v) is 6.97. The quantitative estimate of drug-likeness (QED) is 0.725. The summed E-state index contributed by atoms with van der Waals surface area (Å²) in [5.41, 5.74) is 2.99. The van der Waals surface area contributed by atoms with Crippen molar-refractivity contribution in [2.45, 2.75) is 19.8 Å². The van der Waals surface area contributed by atoms with Gasteiger partial charge >= 0.3 is 5.69 Å². The summed E-state index contributed by atoms with van der Waals surface area (Å²) in [6, 6.07) is 7.47. The number of rotatable bonds is 2. The van der Waals surface area contributed by atoms with Gasteiger partial charge < -0.3 is 0 Å². The minimum atomic E-state index is -0.211. The highest BCUT2D eigenvalue weighted by molar-refractivity contribution is 5.75. The van der Waals surface area contributed by atoms with Gasteiger partial charge in [-0.15, -0.1) is 0 Å². The van der Waals surface area contributed by atoms with E-state index in [1.165, 1.54) is 15.3 Å².